The molecule has 0 spiro atoms. The molecular formula is C12H14ClN3O5. The second-order valence-corrected chi connectivity index (χ2v) is 5.17. The van der Waals surface area contributed by atoms with E-state index < -0.39 is 22.1 Å². The number of aliphatic hydroxyl groups excluding tert-OH is 1. The van der Waals surface area contributed by atoms with Gasteiger partial charge in [-0.2, -0.15) is 0 Å². The van der Waals surface area contributed by atoms with Crippen LogP contribution in [-0.2, 0) is 4.74 Å². The SMILES string of the molecule is O=C(NC1(CO)CCOCC1)c1cc(Cl)ncc1[N+](=O)[O-]. The number of nitrogens with one attached hydrogen (secondary N) is 1. The first kappa shape index (κ1) is 15.6. The standard InChI is InChI=1S/C12H14ClN3O5/c13-10-5-8(9(6-14-10)16(19)20)11(18)15-12(7-17)1-3-21-4-2-12/h5-6,17H,1-4,7H2,(H,15,18). The van der Waals surface area contributed by atoms with Gasteiger partial charge in [0.15, 0.2) is 0 Å². The lowest BCUT2D eigenvalue weighted by Gasteiger charge is -2.36. The monoisotopic (exact) mass is 315 g/mol. The molecule has 8 nitrogen and oxygen atoms in total. The van der Waals surface area contributed by atoms with E-state index in [-0.39, 0.29) is 17.3 Å². The Hall–Kier alpha value is -1.77. The minimum absolute atomic E-state index is 0.0178. The van der Waals surface area contributed by atoms with Crippen LogP contribution in [0.2, 0.25) is 5.15 Å². The number of ether oxygens (including phenoxy) is 1. The van der Waals surface area contributed by atoms with E-state index in [4.69, 9.17) is 16.3 Å². The topological polar surface area (TPSA) is 115 Å². The van der Waals surface area contributed by atoms with Crippen molar-refractivity contribution in [3.05, 3.63) is 33.1 Å². The van der Waals surface area contributed by atoms with Gasteiger partial charge in [0.25, 0.3) is 11.6 Å². The summed E-state index contributed by atoms with van der Waals surface area (Å²) in [5, 5.41) is 23.1. The number of carbonyl (C=O) groups is 1. The summed E-state index contributed by atoms with van der Waals surface area (Å²) in [6.07, 6.45) is 1.80. The van der Waals surface area contributed by atoms with Gasteiger partial charge in [0.2, 0.25) is 0 Å². The van der Waals surface area contributed by atoms with Crippen molar-refractivity contribution in [1.29, 1.82) is 0 Å². The van der Waals surface area contributed by atoms with Crippen LogP contribution in [0.25, 0.3) is 0 Å². The summed E-state index contributed by atoms with van der Waals surface area (Å²) >= 11 is 5.69. The lowest BCUT2D eigenvalue weighted by Crippen LogP contribution is -2.54. The summed E-state index contributed by atoms with van der Waals surface area (Å²) in [4.78, 5) is 26.2. The zero-order valence-electron chi connectivity index (χ0n) is 11.0. The molecule has 9 heteroatoms. The Morgan fingerprint density at radius 3 is 2.81 bits per heavy atom. The summed E-state index contributed by atoms with van der Waals surface area (Å²) < 4.78 is 5.19. The molecule has 1 aliphatic heterocycles. The highest BCUT2D eigenvalue weighted by Crippen LogP contribution is 2.24. The number of amides is 1. The van der Waals surface area contributed by atoms with Crippen LogP contribution < -0.4 is 5.32 Å². The average molecular weight is 316 g/mol. The van der Waals surface area contributed by atoms with Gasteiger partial charge in [-0.3, -0.25) is 14.9 Å². The first-order valence-corrected chi connectivity index (χ1v) is 6.66. The Kier molecular flexibility index (Phi) is 4.71. The van der Waals surface area contributed by atoms with Gasteiger partial charge in [-0.05, 0) is 18.9 Å². The second-order valence-electron chi connectivity index (χ2n) is 4.79. The molecule has 1 aromatic rings. The van der Waals surface area contributed by atoms with Crippen LogP contribution in [0.4, 0.5) is 5.69 Å². The molecule has 0 saturated carbocycles. The van der Waals surface area contributed by atoms with Crippen molar-refractivity contribution in [2.75, 3.05) is 19.8 Å². The van der Waals surface area contributed by atoms with E-state index in [1.807, 2.05) is 0 Å². The quantitative estimate of drug-likeness (QED) is 0.485. The van der Waals surface area contributed by atoms with Crippen molar-refractivity contribution < 1.29 is 19.6 Å². The smallest absolute Gasteiger partial charge is 0.300 e. The summed E-state index contributed by atoms with van der Waals surface area (Å²) in [6, 6.07) is 1.14. The maximum atomic E-state index is 12.3. The highest BCUT2D eigenvalue weighted by molar-refractivity contribution is 6.29. The van der Waals surface area contributed by atoms with Crippen LogP contribution in [0.1, 0.15) is 23.2 Å². The van der Waals surface area contributed by atoms with E-state index >= 15 is 0 Å². The van der Waals surface area contributed by atoms with Gasteiger partial charge >= 0.3 is 0 Å². The lowest BCUT2D eigenvalue weighted by atomic mass is 9.90. The van der Waals surface area contributed by atoms with Gasteiger partial charge in [-0.25, -0.2) is 4.98 Å². The van der Waals surface area contributed by atoms with Gasteiger partial charge in [0.05, 0.1) is 17.1 Å². The molecule has 1 fully saturated rings. The predicted molar refractivity (Wildman–Crippen MR) is 73.2 cm³/mol. The molecule has 21 heavy (non-hydrogen) atoms. The number of nitro groups is 1. The van der Waals surface area contributed by atoms with Crippen molar-refractivity contribution in [2.45, 2.75) is 18.4 Å². The number of rotatable bonds is 4. The molecule has 1 amide bonds. The summed E-state index contributed by atoms with van der Waals surface area (Å²) in [5.74, 6) is -0.665. The number of carbonyl (C=O) groups excluding carboxylic acids is 1. The zero-order valence-corrected chi connectivity index (χ0v) is 11.8. The Morgan fingerprint density at radius 2 is 2.24 bits per heavy atom. The Morgan fingerprint density at radius 1 is 1.57 bits per heavy atom. The van der Waals surface area contributed by atoms with Crippen molar-refractivity contribution in [3.8, 4) is 0 Å². The molecule has 2 rings (SSSR count). The summed E-state index contributed by atoms with van der Waals surface area (Å²) in [6.45, 7) is 0.536. The Balaban J connectivity index is 2.27. The number of nitrogens with zero attached hydrogens (tertiary/aromatic N) is 2. The van der Waals surface area contributed by atoms with Gasteiger partial charge < -0.3 is 15.2 Å². The molecule has 1 aromatic heterocycles. The number of aliphatic hydroxyl groups is 1. The number of hydrogen-bond donors (Lipinski definition) is 2. The summed E-state index contributed by atoms with van der Waals surface area (Å²) in [7, 11) is 0. The van der Waals surface area contributed by atoms with Gasteiger partial charge in [0.1, 0.15) is 16.9 Å². The van der Waals surface area contributed by atoms with Crippen LogP contribution in [0.3, 0.4) is 0 Å². The van der Waals surface area contributed by atoms with E-state index in [0.717, 1.165) is 12.3 Å². The molecule has 0 aromatic carbocycles. The third kappa shape index (κ3) is 3.46. The van der Waals surface area contributed by atoms with E-state index in [1.54, 1.807) is 0 Å². The third-order valence-corrected chi connectivity index (χ3v) is 3.63. The first-order valence-electron chi connectivity index (χ1n) is 6.28. The highest BCUT2D eigenvalue weighted by atomic mass is 35.5. The minimum atomic E-state index is -0.834. The van der Waals surface area contributed by atoms with Crippen LogP contribution >= 0.6 is 11.6 Å². The number of halogens is 1. The van der Waals surface area contributed by atoms with Gasteiger partial charge in [-0.15, -0.1) is 0 Å². The molecular weight excluding hydrogens is 302 g/mol. The van der Waals surface area contributed by atoms with E-state index in [9.17, 15) is 20.0 Å². The molecule has 114 valence electrons. The Labute approximate surface area is 125 Å². The number of hydrogen-bond acceptors (Lipinski definition) is 6. The van der Waals surface area contributed by atoms with E-state index in [0.29, 0.717) is 26.1 Å². The van der Waals surface area contributed by atoms with Crippen molar-refractivity contribution in [1.82, 2.24) is 10.3 Å². The summed E-state index contributed by atoms with van der Waals surface area (Å²) in [5.41, 5.74) is -1.45. The van der Waals surface area contributed by atoms with E-state index in [2.05, 4.69) is 10.3 Å². The van der Waals surface area contributed by atoms with Gasteiger partial charge in [0, 0.05) is 13.2 Å². The highest BCUT2D eigenvalue weighted by Gasteiger charge is 2.35. The fraction of sp³-hybridized carbons (Fsp3) is 0.500. The number of aromatic nitrogens is 1. The molecule has 0 bridgehead atoms. The van der Waals surface area contributed by atoms with Crippen LogP contribution in [0, 0.1) is 10.1 Å². The second kappa shape index (κ2) is 6.33. The molecule has 2 heterocycles. The van der Waals surface area contributed by atoms with Crippen LogP contribution in [0.15, 0.2) is 12.3 Å². The minimum Gasteiger partial charge on any atom is -0.394 e. The van der Waals surface area contributed by atoms with Crippen molar-refractivity contribution in [2.24, 2.45) is 0 Å². The molecule has 1 aliphatic rings. The van der Waals surface area contributed by atoms with Crippen LogP contribution in [0.5, 0.6) is 0 Å². The van der Waals surface area contributed by atoms with Crippen molar-refractivity contribution >= 4 is 23.2 Å². The third-order valence-electron chi connectivity index (χ3n) is 3.42. The van der Waals surface area contributed by atoms with Crippen LogP contribution in [-0.4, -0.2) is 46.3 Å². The van der Waals surface area contributed by atoms with E-state index in [1.165, 1.54) is 0 Å². The van der Waals surface area contributed by atoms with Gasteiger partial charge in [-0.1, -0.05) is 11.6 Å². The lowest BCUT2D eigenvalue weighted by molar-refractivity contribution is -0.385. The molecule has 1 saturated heterocycles. The first-order chi connectivity index (χ1) is 9.97. The molecule has 0 aliphatic carbocycles. The predicted octanol–water partition coefficient (Wildman–Crippen LogP) is 0.914. The average Bonchev–Trinajstić information content (AvgIpc) is 2.47. The molecule has 0 atom stereocenters. The normalized spacial score (nSPS) is 17.2. The fourth-order valence-electron chi connectivity index (χ4n) is 2.14. The molecule has 0 unspecified atom stereocenters. The molecule has 2 N–H and O–H groups in total. The Bertz CT molecular complexity index is 560. The maximum Gasteiger partial charge on any atom is 0.300 e. The molecule has 0 radical (unpaired) electrons. The fourth-order valence-corrected chi connectivity index (χ4v) is 2.30. The maximum absolute atomic E-state index is 12.3. The number of pyridine rings is 1. The zero-order chi connectivity index (χ0) is 15.5. The van der Waals surface area contributed by atoms with Crippen molar-refractivity contribution in [3.63, 3.8) is 0 Å². The largest absolute Gasteiger partial charge is 0.394 e.